The average Bonchev–Trinajstić information content (AvgIpc) is 3.63. The van der Waals surface area contributed by atoms with Crippen LogP contribution in [0.3, 0.4) is 0 Å². The van der Waals surface area contributed by atoms with Gasteiger partial charge in [0.2, 0.25) is 17.8 Å². The molecule has 2 aromatic carbocycles. The molecule has 1 saturated carbocycles. The van der Waals surface area contributed by atoms with Gasteiger partial charge < -0.3 is 39.4 Å². The number of anilines is 3. The maximum absolute atomic E-state index is 16.0. The average molecular weight is 912 g/mol. The second kappa shape index (κ2) is 18.7. The Morgan fingerprint density at radius 1 is 1.00 bits per heavy atom. The number of nitrogens with one attached hydrogen (secondary N) is 3. The summed E-state index contributed by atoms with van der Waals surface area (Å²) < 4.78 is 30.0. The van der Waals surface area contributed by atoms with E-state index in [1.807, 2.05) is 32.0 Å². The molecular formula is C47H55ClFN9O7. The van der Waals surface area contributed by atoms with Crippen molar-refractivity contribution in [3.05, 3.63) is 80.5 Å². The zero-order valence-electron chi connectivity index (χ0n) is 36.9. The largest absolute Gasteiger partial charge is 0.478 e. The van der Waals surface area contributed by atoms with Crippen molar-refractivity contribution in [1.29, 1.82) is 0 Å². The molecule has 3 saturated heterocycles. The highest BCUT2D eigenvalue weighted by atomic mass is 35.5. The maximum Gasteiger partial charge on any atom is 0.293 e. The first-order chi connectivity index (χ1) is 31.4. The van der Waals surface area contributed by atoms with Crippen molar-refractivity contribution in [2.24, 2.45) is 0 Å². The number of halogens is 2. The van der Waals surface area contributed by atoms with E-state index in [0.717, 1.165) is 82.0 Å². The van der Waals surface area contributed by atoms with E-state index in [0.29, 0.717) is 45.2 Å². The van der Waals surface area contributed by atoms with Crippen molar-refractivity contribution in [1.82, 2.24) is 35.0 Å². The van der Waals surface area contributed by atoms with Crippen LogP contribution in [0, 0.1) is 5.82 Å². The van der Waals surface area contributed by atoms with Crippen LogP contribution in [0.2, 0.25) is 5.02 Å². The number of hydrogen-bond acceptors (Lipinski definition) is 12. The number of ether oxygens (including phenoxy) is 2. The fraction of sp³-hybridized carbons (Fsp3) is 0.511. The lowest BCUT2D eigenvalue weighted by Crippen LogP contribution is -2.52. The van der Waals surface area contributed by atoms with E-state index < -0.39 is 11.9 Å². The van der Waals surface area contributed by atoms with E-state index >= 15 is 4.39 Å². The number of rotatable bonds is 13. The van der Waals surface area contributed by atoms with Crippen LogP contribution in [0.4, 0.5) is 21.8 Å². The lowest BCUT2D eigenvalue weighted by Gasteiger charge is -2.47. The molecule has 2 aromatic heterocycles. The number of pyridine rings is 1. The van der Waals surface area contributed by atoms with Crippen LogP contribution in [0.25, 0.3) is 10.9 Å². The smallest absolute Gasteiger partial charge is 0.293 e. The minimum absolute atomic E-state index is 0.0380. The van der Waals surface area contributed by atoms with Gasteiger partial charge in [-0.15, -0.1) is 0 Å². The molecule has 9 rings (SSSR count). The van der Waals surface area contributed by atoms with Gasteiger partial charge in [-0.1, -0.05) is 24.6 Å². The van der Waals surface area contributed by atoms with Crippen LogP contribution in [0.5, 0.6) is 5.75 Å². The minimum Gasteiger partial charge on any atom is -0.478 e. The molecule has 2 unspecified atom stereocenters. The van der Waals surface area contributed by atoms with E-state index in [1.165, 1.54) is 11.9 Å². The molecule has 4 aromatic rings. The van der Waals surface area contributed by atoms with Crippen LogP contribution in [-0.2, 0) is 25.7 Å². The molecule has 0 spiro atoms. The zero-order chi connectivity index (χ0) is 45.5. The number of fused-ring (bicyclic) bond motifs is 2. The quantitative estimate of drug-likeness (QED) is 0.142. The van der Waals surface area contributed by atoms with Crippen molar-refractivity contribution < 1.29 is 33.0 Å². The molecule has 5 aliphatic rings. The summed E-state index contributed by atoms with van der Waals surface area (Å²) in [5.41, 5.74) is 2.45. The molecule has 18 heteroatoms. The molecule has 4 aliphatic heterocycles. The predicted molar refractivity (Wildman–Crippen MR) is 242 cm³/mol. The Balaban J connectivity index is 0.750. The highest BCUT2D eigenvalue weighted by Crippen LogP contribution is 2.39. The monoisotopic (exact) mass is 911 g/mol. The van der Waals surface area contributed by atoms with Gasteiger partial charge in [0.15, 0.2) is 18.2 Å². The summed E-state index contributed by atoms with van der Waals surface area (Å²) in [7, 11) is 1.51. The summed E-state index contributed by atoms with van der Waals surface area (Å²) in [4.78, 5) is 78.0. The van der Waals surface area contributed by atoms with Gasteiger partial charge in [0.25, 0.3) is 17.4 Å². The normalized spacial score (nSPS) is 22.4. The van der Waals surface area contributed by atoms with Gasteiger partial charge in [0.1, 0.15) is 16.9 Å². The van der Waals surface area contributed by atoms with Gasteiger partial charge in [-0.25, -0.2) is 9.37 Å². The number of carbonyl (C=O) groups excluding carboxylic acids is 4. The third kappa shape index (κ3) is 9.02. The van der Waals surface area contributed by atoms with E-state index in [1.54, 1.807) is 29.0 Å². The SMILES string of the molecule is CCC(C)n1c(=O)c(OCC(=O)NC)cc2cc(Nc3nc(N4CCC(O[C@H]5C[C@H](N6CCC(c7ccc8c(c7F)CN(C7CCC(=O)NC7=O)C8=O)CC6)C5)CC4)ncc3Cl)ccc21. The van der Waals surface area contributed by atoms with Crippen LogP contribution in [-0.4, -0.2) is 112 Å². The third-order valence-corrected chi connectivity index (χ3v) is 14.3. The van der Waals surface area contributed by atoms with Crippen molar-refractivity contribution >= 4 is 63.6 Å². The second-order valence-electron chi connectivity index (χ2n) is 17.9. The first-order valence-electron chi connectivity index (χ1n) is 22.8. The molecule has 6 heterocycles. The molecular weight excluding hydrogens is 857 g/mol. The highest BCUT2D eigenvalue weighted by Gasteiger charge is 2.42. The number of carbonyl (C=O) groups is 4. The Kier molecular flexibility index (Phi) is 12.8. The summed E-state index contributed by atoms with van der Waals surface area (Å²) in [6.45, 7) is 6.96. The predicted octanol–water partition coefficient (Wildman–Crippen LogP) is 5.58. The summed E-state index contributed by atoms with van der Waals surface area (Å²) in [5.74, 6) is -0.712. The van der Waals surface area contributed by atoms with E-state index in [4.69, 9.17) is 26.1 Å². The topological polar surface area (TPSA) is 180 Å². The van der Waals surface area contributed by atoms with Crippen LogP contribution >= 0.6 is 11.6 Å². The van der Waals surface area contributed by atoms with Gasteiger partial charge in [0, 0.05) is 60.8 Å². The Bertz CT molecular complexity index is 2570. The minimum atomic E-state index is -0.769. The fourth-order valence-electron chi connectivity index (χ4n) is 10.00. The van der Waals surface area contributed by atoms with E-state index in [9.17, 15) is 24.0 Å². The zero-order valence-corrected chi connectivity index (χ0v) is 37.7. The van der Waals surface area contributed by atoms with Crippen molar-refractivity contribution in [2.45, 2.75) is 114 Å². The Hall–Kier alpha value is -5.65. The number of likely N-dealkylation sites (N-methyl/N-ethyl adjacent to an activating group) is 1. The van der Waals surface area contributed by atoms with Gasteiger partial charge >= 0.3 is 0 Å². The number of amides is 4. The summed E-state index contributed by atoms with van der Waals surface area (Å²) >= 11 is 6.61. The standard InChI is InChI=1S/C47H55ClFN9O7/c1-4-26(2)58-37-8-5-29(19-28(37)20-39(46(58)63)64-25-41(60)50-3)52-43-36(48)23-51-47(54-43)56-17-13-31(14-18-56)65-32-21-30(22-32)55-15-11-27(12-16-55)33-6-7-34-35(42(33)49)24-57(45(34)62)38-9-10-40(59)53-44(38)61/h5-8,19-20,23,26-27,30-32,38H,4,9-18,21-22,24-25H2,1-3H3,(H,50,60)(H,51,52,54)(H,53,59,61)/t26?,30-,32-,38?. The van der Waals surface area contributed by atoms with Crippen LogP contribution < -0.4 is 31.1 Å². The number of piperidine rings is 3. The van der Waals surface area contributed by atoms with Crippen molar-refractivity contribution in [3.8, 4) is 5.75 Å². The number of imide groups is 1. The van der Waals surface area contributed by atoms with Gasteiger partial charge in [-0.2, -0.15) is 4.98 Å². The number of nitrogens with zero attached hydrogens (tertiary/aromatic N) is 6. The van der Waals surface area contributed by atoms with Gasteiger partial charge in [-0.3, -0.25) is 29.3 Å². The molecule has 0 radical (unpaired) electrons. The van der Waals surface area contributed by atoms with Crippen LogP contribution in [0.15, 0.2) is 47.4 Å². The number of aromatic nitrogens is 3. The highest BCUT2D eigenvalue weighted by molar-refractivity contribution is 6.33. The molecule has 2 atom stereocenters. The third-order valence-electron chi connectivity index (χ3n) is 14.0. The summed E-state index contributed by atoms with van der Waals surface area (Å²) in [6, 6.07) is 10.4. The van der Waals surface area contributed by atoms with Crippen LogP contribution in [0.1, 0.15) is 105 Å². The molecule has 1 aliphatic carbocycles. The van der Waals surface area contributed by atoms with Gasteiger partial charge in [-0.05, 0) is 113 Å². The lowest BCUT2D eigenvalue weighted by atomic mass is 9.83. The van der Waals surface area contributed by atoms with Crippen molar-refractivity contribution in [3.63, 3.8) is 0 Å². The number of likely N-dealkylation sites (tertiary alicyclic amines) is 1. The maximum atomic E-state index is 16.0. The summed E-state index contributed by atoms with van der Waals surface area (Å²) in [6.07, 6.45) is 8.36. The molecule has 4 fully saturated rings. The Labute approximate surface area is 381 Å². The lowest BCUT2D eigenvalue weighted by molar-refractivity contribution is -0.137. The number of hydrogen-bond donors (Lipinski definition) is 3. The van der Waals surface area contributed by atoms with Gasteiger partial charge in [0.05, 0.1) is 30.5 Å². The Morgan fingerprint density at radius 2 is 1.77 bits per heavy atom. The Morgan fingerprint density at radius 3 is 2.49 bits per heavy atom. The van der Waals surface area contributed by atoms with E-state index in [-0.39, 0.29) is 85.0 Å². The first-order valence-corrected chi connectivity index (χ1v) is 23.2. The molecule has 4 amide bonds. The second-order valence-corrected chi connectivity index (χ2v) is 18.4. The molecule has 344 valence electrons. The molecule has 65 heavy (non-hydrogen) atoms. The molecule has 16 nitrogen and oxygen atoms in total. The fourth-order valence-corrected chi connectivity index (χ4v) is 10.1. The molecule has 0 bridgehead atoms. The molecule has 3 N–H and O–H groups in total. The number of benzene rings is 2. The van der Waals surface area contributed by atoms with Crippen molar-refractivity contribution in [2.75, 3.05) is 50.1 Å². The summed E-state index contributed by atoms with van der Waals surface area (Å²) in [5, 5.41) is 9.27. The first kappa shape index (κ1) is 44.5. The van der Waals surface area contributed by atoms with E-state index in [2.05, 4.69) is 30.7 Å².